The summed E-state index contributed by atoms with van der Waals surface area (Å²) in [6.07, 6.45) is 0. The Bertz CT molecular complexity index is 643. The third-order valence-electron chi connectivity index (χ3n) is 2.55. The van der Waals surface area contributed by atoms with Crippen molar-refractivity contribution in [2.45, 2.75) is 6.92 Å². The maximum Gasteiger partial charge on any atom is 0.256 e. The fraction of sp³-hybridized carbons (Fsp3) is 0.0714. The molecule has 0 heterocycles. The summed E-state index contributed by atoms with van der Waals surface area (Å²) in [6, 6.07) is 10.5. The van der Waals surface area contributed by atoms with E-state index in [4.69, 9.17) is 23.2 Å². The summed E-state index contributed by atoms with van der Waals surface area (Å²) in [6.45, 7) is 1.96. The Morgan fingerprint density at radius 3 is 2.47 bits per heavy atom. The number of hydrogen-bond donors (Lipinski definition) is 1. The van der Waals surface area contributed by atoms with Gasteiger partial charge in [0.1, 0.15) is 0 Å². The van der Waals surface area contributed by atoms with Gasteiger partial charge in [-0.25, -0.2) is 0 Å². The second-order valence-corrected chi connectivity index (χ2v) is 5.74. The van der Waals surface area contributed by atoms with Crippen molar-refractivity contribution in [3.63, 3.8) is 0 Å². The first-order valence-corrected chi connectivity index (χ1v) is 7.05. The van der Waals surface area contributed by atoms with Crippen LogP contribution >= 0.6 is 39.1 Å². The number of halogens is 3. The fourth-order valence-corrected chi connectivity index (χ4v) is 2.55. The summed E-state index contributed by atoms with van der Waals surface area (Å²) >= 11 is 15.1. The molecule has 2 rings (SSSR count). The molecule has 1 N–H and O–H groups in total. The number of rotatable bonds is 2. The minimum Gasteiger partial charge on any atom is -0.322 e. The van der Waals surface area contributed by atoms with Gasteiger partial charge in [-0.05, 0) is 58.7 Å². The van der Waals surface area contributed by atoms with Gasteiger partial charge in [-0.2, -0.15) is 0 Å². The molecular weight excluding hydrogens is 349 g/mol. The lowest BCUT2D eigenvalue weighted by molar-refractivity contribution is 0.102. The Balaban J connectivity index is 2.23. The number of carbonyl (C=O) groups excluding carboxylic acids is 1. The average molecular weight is 359 g/mol. The molecule has 0 aliphatic carbocycles. The monoisotopic (exact) mass is 357 g/mol. The highest BCUT2D eigenvalue weighted by atomic mass is 79.9. The van der Waals surface area contributed by atoms with Gasteiger partial charge in [0.25, 0.3) is 5.91 Å². The minimum absolute atomic E-state index is 0.203. The fourth-order valence-electron chi connectivity index (χ4n) is 1.58. The van der Waals surface area contributed by atoms with Crippen LogP contribution in [0, 0.1) is 6.92 Å². The molecule has 0 atom stereocenters. The Morgan fingerprint density at radius 2 is 1.84 bits per heavy atom. The van der Waals surface area contributed by atoms with Crippen molar-refractivity contribution >= 4 is 50.7 Å². The van der Waals surface area contributed by atoms with Gasteiger partial charge in [0.05, 0.1) is 15.6 Å². The maximum atomic E-state index is 12.1. The first-order chi connectivity index (χ1) is 8.97. The van der Waals surface area contributed by atoms with Gasteiger partial charge in [-0.15, -0.1) is 0 Å². The van der Waals surface area contributed by atoms with Crippen molar-refractivity contribution in [2.75, 3.05) is 5.32 Å². The van der Waals surface area contributed by atoms with Gasteiger partial charge in [0.2, 0.25) is 0 Å². The zero-order valence-corrected chi connectivity index (χ0v) is 13.1. The molecule has 2 nitrogen and oxygen atoms in total. The first kappa shape index (κ1) is 14.4. The molecule has 0 bridgehead atoms. The second-order valence-electron chi connectivity index (χ2n) is 4.07. The number of hydrogen-bond acceptors (Lipinski definition) is 1. The number of carbonyl (C=O) groups is 1. The zero-order valence-electron chi connectivity index (χ0n) is 10.0. The molecule has 1 amide bonds. The Hall–Kier alpha value is -1.03. The molecule has 0 aromatic heterocycles. The Kier molecular flexibility index (Phi) is 4.50. The molecule has 98 valence electrons. The first-order valence-electron chi connectivity index (χ1n) is 5.50. The highest BCUT2D eigenvalue weighted by molar-refractivity contribution is 9.10. The molecule has 5 heteroatoms. The molecule has 0 aliphatic rings. The van der Waals surface area contributed by atoms with Crippen molar-refractivity contribution < 1.29 is 4.79 Å². The molecule has 0 spiro atoms. The van der Waals surface area contributed by atoms with Crippen LogP contribution in [0.4, 0.5) is 5.69 Å². The molecule has 0 saturated heterocycles. The van der Waals surface area contributed by atoms with Crippen molar-refractivity contribution in [1.29, 1.82) is 0 Å². The van der Waals surface area contributed by atoms with Gasteiger partial charge in [-0.3, -0.25) is 4.79 Å². The van der Waals surface area contributed by atoms with Gasteiger partial charge in [-0.1, -0.05) is 29.3 Å². The highest BCUT2D eigenvalue weighted by Crippen LogP contribution is 2.26. The molecule has 0 aliphatic heterocycles. The molecule has 0 fully saturated rings. The van der Waals surface area contributed by atoms with Gasteiger partial charge in [0, 0.05) is 10.2 Å². The largest absolute Gasteiger partial charge is 0.322 e. The SMILES string of the molecule is Cc1ccc(C(=O)Nc2ccc(Cl)c(Cl)c2)c(Br)c1. The van der Waals surface area contributed by atoms with E-state index < -0.39 is 0 Å². The summed E-state index contributed by atoms with van der Waals surface area (Å²) in [5.41, 5.74) is 2.25. The van der Waals surface area contributed by atoms with E-state index in [0.29, 0.717) is 21.3 Å². The summed E-state index contributed by atoms with van der Waals surface area (Å²) in [7, 11) is 0. The van der Waals surface area contributed by atoms with Crippen molar-refractivity contribution in [1.82, 2.24) is 0 Å². The van der Waals surface area contributed by atoms with Crippen LogP contribution in [-0.2, 0) is 0 Å². The third kappa shape index (κ3) is 3.50. The lowest BCUT2D eigenvalue weighted by Crippen LogP contribution is -2.12. The van der Waals surface area contributed by atoms with Crippen molar-refractivity contribution in [2.24, 2.45) is 0 Å². The predicted octanol–water partition coefficient (Wildman–Crippen LogP) is 5.32. The zero-order chi connectivity index (χ0) is 14.0. The average Bonchev–Trinajstić information content (AvgIpc) is 2.33. The molecule has 0 radical (unpaired) electrons. The van der Waals surface area contributed by atoms with E-state index in [9.17, 15) is 4.79 Å². The van der Waals surface area contributed by atoms with E-state index in [0.717, 1.165) is 10.0 Å². The number of anilines is 1. The topological polar surface area (TPSA) is 29.1 Å². The van der Waals surface area contributed by atoms with E-state index in [2.05, 4.69) is 21.2 Å². The van der Waals surface area contributed by atoms with Crippen LogP contribution in [0.1, 0.15) is 15.9 Å². The van der Waals surface area contributed by atoms with Crippen molar-refractivity contribution in [3.8, 4) is 0 Å². The van der Waals surface area contributed by atoms with Crippen LogP contribution in [-0.4, -0.2) is 5.91 Å². The molecule has 2 aromatic rings. The van der Waals surface area contributed by atoms with E-state index in [1.54, 1.807) is 24.3 Å². The van der Waals surface area contributed by atoms with E-state index in [1.807, 2.05) is 19.1 Å². The van der Waals surface area contributed by atoms with Crippen LogP contribution in [0.15, 0.2) is 40.9 Å². The van der Waals surface area contributed by atoms with Crippen LogP contribution in [0.2, 0.25) is 10.0 Å². The van der Waals surface area contributed by atoms with Gasteiger partial charge >= 0.3 is 0 Å². The lowest BCUT2D eigenvalue weighted by Gasteiger charge is -2.08. The van der Waals surface area contributed by atoms with Crippen LogP contribution in [0.5, 0.6) is 0 Å². The number of aryl methyl sites for hydroxylation is 1. The van der Waals surface area contributed by atoms with Crippen LogP contribution < -0.4 is 5.32 Å². The summed E-state index contributed by atoms with van der Waals surface area (Å²) in [4.78, 5) is 12.1. The third-order valence-corrected chi connectivity index (χ3v) is 3.94. The highest BCUT2D eigenvalue weighted by Gasteiger charge is 2.10. The molecular formula is C14H10BrCl2NO. The van der Waals surface area contributed by atoms with Gasteiger partial charge in [0.15, 0.2) is 0 Å². The van der Waals surface area contributed by atoms with E-state index >= 15 is 0 Å². The van der Waals surface area contributed by atoms with Crippen molar-refractivity contribution in [3.05, 3.63) is 62.0 Å². The van der Waals surface area contributed by atoms with Crippen LogP contribution in [0.25, 0.3) is 0 Å². The van der Waals surface area contributed by atoms with Crippen LogP contribution in [0.3, 0.4) is 0 Å². The Morgan fingerprint density at radius 1 is 1.11 bits per heavy atom. The number of nitrogens with one attached hydrogen (secondary N) is 1. The van der Waals surface area contributed by atoms with Gasteiger partial charge < -0.3 is 5.32 Å². The summed E-state index contributed by atoms with van der Waals surface area (Å²) in [5.74, 6) is -0.203. The molecule has 0 saturated carbocycles. The molecule has 19 heavy (non-hydrogen) atoms. The minimum atomic E-state index is -0.203. The van der Waals surface area contributed by atoms with E-state index in [1.165, 1.54) is 0 Å². The Labute approximate surface area is 129 Å². The molecule has 0 unspecified atom stereocenters. The molecule has 2 aromatic carbocycles. The number of benzene rings is 2. The smallest absolute Gasteiger partial charge is 0.256 e. The summed E-state index contributed by atoms with van der Waals surface area (Å²) < 4.78 is 0.755. The summed E-state index contributed by atoms with van der Waals surface area (Å²) in [5, 5.41) is 3.63. The normalized spacial score (nSPS) is 10.3. The quantitative estimate of drug-likeness (QED) is 0.773. The predicted molar refractivity (Wildman–Crippen MR) is 83.3 cm³/mol. The van der Waals surface area contributed by atoms with E-state index in [-0.39, 0.29) is 5.91 Å². The number of amides is 1. The standard InChI is InChI=1S/C14H10BrCl2NO/c1-8-2-4-10(11(15)6-8)14(19)18-9-3-5-12(16)13(17)7-9/h2-7H,1H3,(H,18,19). The maximum absolute atomic E-state index is 12.1. The lowest BCUT2D eigenvalue weighted by atomic mass is 10.1. The second kappa shape index (κ2) is 5.95.